The van der Waals surface area contributed by atoms with Crippen LogP contribution < -0.4 is 19.5 Å². The highest BCUT2D eigenvalue weighted by Crippen LogP contribution is 2.31. The van der Waals surface area contributed by atoms with Crippen LogP contribution in [-0.2, 0) is 14.8 Å². The summed E-state index contributed by atoms with van der Waals surface area (Å²) in [5.41, 5.74) is 0.347. The number of carbonyl (C=O) groups is 1. The summed E-state index contributed by atoms with van der Waals surface area (Å²) in [4.78, 5) is 12.4. The first-order chi connectivity index (χ1) is 14.5. The maximum absolute atomic E-state index is 13.1. The lowest BCUT2D eigenvalue weighted by Crippen LogP contribution is -2.35. The number of anilines is 1. The van der Waals surface area contributed by atoms with Gasteiger partial charge in [-0.15, -0.1) is 0 Å². The molecule has 1 saturated heterocycles. The van der Waals surface area contributed by atoms with Gasteiger partial charge >= 0.3 is 0 Å². The second kappa shape index (κ2) is 9.82. The summed E-state index contributed by atoms with van der Waals surface area (Å²) in [6.45, 7) is 0.713. The van der Waals surface area contributed by atoms with Crippen molar-refractivity contribution in [2.75, 3.05) is 39.2 Å². The molecule has 0 unspecified atom stereocenters. The van der Waals surface area contributed by atoms with Crippen molar-refractivity contribution in [1.29, 1.82) is 0 Å². The van der Waals surface area contributed by atoms with Gasteiger partial charge in [0, 0.05) is 18.8 Å². The predicted molar refractivity (Wildman–Crippen MR) is 113 cm³/mol. The van der Waals surface area contributed by atoms with E-state index in [1.165, 1.54) is 30.7 Å². The number of carbonyl (C=O) groups excluding carboxylic acids is 1. The minimum atomic E-state index is -3.72. The van der Waals surface area contributed by atoms with Crippen LogP contribution in [0.25, 0.3) is 0 Å². The van der Waals surface area contributed by atoms with E-state index in [0.717, 1.165) is 19.3 Å². The summed E-state index contributed by atoms with van der Waals surface area (Å²) >= 11 is 0. The van der Waals surface area contributed by atoms with E-state index in [4.69, 9.17) is 14.2 Å². The number of para-hydroxylation sites is 2. The molecule has 1 heterocycles. The Balaban J connectivity index is 1.73. The van der Waals surface area contributed by atoms with Gasteiger partial charge in [-0.2, -0.15) is 4.31 Å². The van der Waals surface area contributed by atoms with Crippen molar-refractivity contribution in [3.05, 3.63) is 42.5 Å². The van der Waals surface area contributed by atoms with Gasteiger partial charge in [-0.1, -0.05) is 18.6 Å². The van der Waals surface area contributed by atoms with Gasteiger partial charge in [-0.3, -0.25) is 4.79 Å². The first-order valence-electron chi connectivity index (χ1n) is 9.69. The molecule has 1 fully saturated rings. The summed E-state index contributed by atoms with van der Waals surface area (Å²) in [5, 5.41) is 2.67. The SMILES string of the molecule is COc1ccccc1OCC(=O)Nc1ccc(OC)c(S(=O)(=O)N2CCCCC2)c1. The van der Waals surface area contributed by atoms with Crippen LogP contribution in [-0.4, -0.2) is 52.5 Å². The number of benzene rings is 2. The van der Waals surface area contributed by atoms with Gasteiger partial charge in [0.2, 0.25) is 10.0 Å². The van der Waals surface area contributed by atoms with Crippen molar-refractivity contribution in [1.82, 2.24) is 4.31 Å². The highest BCUT2D eigenvalue weighted by molar-refractivity contribution is 7.89. The third-order valence-corrected chi connectivity index (χ3v) is 6.73. The lowest BCUT2D eigenvalue weighted by atomic mass is 10.2. The Labute approximate surface area is 176 Å². The molecule has 1 amide bonds. The summed E-state index contributed by atoms with van der Waals surface area (Å²) in [6.07, 6.45) is 2.68. The monoisotopic (exact) mass is 434 g/mol. The molecule has 0 spiro atoms. The Morgan fingerprint density at radius 1 is 0.967 bits per heavy atom. The van der Waals surface area contributed by atoms with Crippen LogP contribution in [0.5, 0.6) is 17.2 Å². The van der Waals surface area contributed by atoms with Crippen LogP contribution in [0.2, 0.25) is 0 Å². The lowest BCUT2D eigenvalue weighted by Gasteiger charge is -2.26. The number of ether oxygens (including phenoxy) is 3. The Morgan fingerprint density at radius 3 is 2.30 bits per heavy atom. The molecule has 2 aromatic carbocycles. The van der Waals surface area contributed by atoms with E-state index in [2.05, 4.69) is 5.32 Å². The minimum Gasteiger partial charge on any atom is -0.495 e. The van der Waals surface area contributed by atoms with Gasteiger partial charge in [-0.05, 0) is 43.2 Å². The molecule has 0 atom stereocenters. The summed E-state index contributed by atoms with van der Waals surface area (Å²) in [5.74, 6) is 0.777. The van der Waals surface area contributed by atoms with Gasteiger partial charge in [0.05, 0.1) is 14.2 Å². The maximum atomic E-state index is 13.1. The third-order valence-electron chi connectivity index (χ3n) is 4.81. The molecular formula is C21H26N2O6S. The van der Waals surface area contributed by atoms with Gasteiger partial charge in [-0.25, -0.2) is 8.42 Å². The Bertz CT molecular complexity index is 987. The van der Waals surface area contributed by atoms with E-state index in [0.29, 0.717) is 30.3 Å². The topological polar surface area (TPSA) is 94.2 Å². The van der Waals surface area contributed by atoms with Crippen molar-refractivity contribution < 1.29 is 27.4 Å². The van der Waals surface area contributed by atoms with Crippen LogP contribution in [0.1, 0.15) is 19.3 Å². The molecule has 1 aliphatic heterocycles. The zero-order valence-corrected chi connectivity index (χ0v) is 17.9. The van der Waals surface area contributed by atoms with Crippen LogP contribution in [0.15, 0.2) is 47.4 Å². The van der Waals surface area contributed by atoms with E-state index in [1.807, 2.05) is 0 Å². The number of amides is 1. The number of hydrogen-bond acceptors (Lipinski definition) is 6. The van der Waals surface area contributed by atoms with E-state index in [-0.39, 0.29) is 17.3 Å². The van der Waals surface area contributed by atoms with E-state index in [9.17, 15) is 13.2 Å². The highest BCUT2D eigenvalue weighted by atomic mass is 32.2. The van der Waals surface area contributed by atoms with E-state index < -0.39 is 15.9 Å². The van der Waals surface area contributed by atoms with Crippen molar-refractivity contribution in [3.8, 4) is 17.2 Å². The smallest absolute Gasteiger partial charge is 0.262 e. The molecule has 0 aliphatic carbocycles. The van der Waals surface area contributed by atoms with Crippen LogP contribution >= 0.6 is 0 Å². The maximum Gasteiger partial charge on any atom is 0.262 e. The molecule has 30 heavy (non-hydrogen) atoms. The molecule has 3 rings (SSSR count). The molecule has 0 radical (unpaired) electrons. The van der Waals surface area contributed by atoms with Gasteiger partial charge in [0.25, 0.3) is 5.91 Å². The number of nitrogens with one attached hydrogen (secondary N) is 1. The molecule has 162 valence electrons. The zero-order chi connectivity index (χ0) is 21.6. The summed E-state index contributed by atoms with van der Waals surface area (Å²) < 4.78 is 43.6. The first kappa shape index (κ1) is 21.9. The third kappa shape index (κ3) is 5.03. The van der Waals surface area contributed by atoms with Crippen molar-refractivity contribution in [3.63, 3.8) is 0 Å². The lowest BCUT2D eigenvalue weighted by molar-refractivity contribution is -0.118. The number of methoxy groups -OCH3 is 2. The second-order valence-electron chi connectivity index (χ2n) is 6.82. The molecule has 0 bridgehead atoms. The van der Waals surface area contributed by atoms with Crippen molar-refractivity contribution in [2.45, 2.75) is 24.2 Å². The molecule has 2 aromatic rings. The predicted octanol–water partition coefficient (Wildman–Crippen LogP) is 2.90. The Kier molecular flexibility index (Phi) is 7.17. The fourth-order valence-electron chi connectivity index (χ4n) is 3.28. The quantitative estimate of drug-likeness (QED) is 0.687. The second-order valence-corrected chi connectivity index (χ2v) is 8.72. The molecule has 0 aromatic heterocycles. The summed E-state index contributed by atoms with van der Waals surface area (Å²) in [6, 6.07) is 11.5. The molecular weight excluding hydrogens is 408 g/mol. The highest BCUT2D eigenvalue weighted by Gasteiger charge is 2.29. The van der Waals surface area contributed by atoms with Gasteiger partial charge in [0.1, 0.15) is 10.6 Å². The van der Waals surface area contributed by atoms with Gasteiger partial charge < -0.3 is 19.5 Å². The van der Waals surface area contributed by atoms with Crippen LogP contribution in [0.3, 0.4) is 0 Å². The Hall–Kier alpha value is -2.78. The normalized spacial score (nSPS) is 14.7. The zero-order valence-electron chi connectivity index (χ0n) is 17.1. The molecule has 1 aliphatic rings. The molecule has 9 heteroatoms. The fraction of sp³-hybridized carbons (Fsp3) is 0.381. The number of hydrogen-bond donors (Lipinski definition) is 1. The minimum absolute atomic E-state index is 0.0374. The fourth-order valence-corrected chi connectivity index (χ4v) is 4.98. The molecule has 8 nitrogen and oxygen atoms in total. The average Bonchev–Trinajstić information content (AvgIpc) is 2.78. The number of rotatable bonds is 8. The number of piperidine rings is 1. The Morgan fingerprint density at radius 2 is 1.63 bits per heavy atom. The van der Waals surface area contributed by atoms with Crippen molar-refractivity contribution >= 4 is 21.6 Å². The van der Waals surface area contributed by atoms with Crippen LogP contribution in [0, 0.1) is 0 Å². The standard InChI is InChI=1S/C21H26N2O6S/c1-27-17-8-4-5-9-18(17)29-15-21(24)22-16-10-11-19(28-2)20(14-16)30(25,26)23-12-6-3-7-13-23/h4-5,8-11,14H,3,6-7,12-13,15H2,1-2H3,(H,22,24). The first-order valence-corrected chi connectivity index (χ1v) is 11.1. The van der Waals surface area contributed by atoms with Crippen LogP contribution in [0.4, 0.5) is 5.69 Å². The number of nitrogens with zero attached hydrogens (tertiary/aromatic N) is 1. The largest absolute Gasteiger partial charge is 0.495 e. The molecule has 0 saturated carbocycles. The summed E-state index contributed by atoms with van der Waals surface area (Å²) in [7, 11) is -0.780. The van der Waals surface area contributed by atoms with E-state index in [1.54, 1.807) is 30.3 Å². The average molecular weight is 435 g/mol. The van der Waals surface area contributed by atoms with Crippen molar-refractivity contribution in [2.24, 2.45) is 0 Å². The number of sulfonamides is 1. The molecule has 1 N–H and O–H groups in total. The van der Waals surface area contributed by atoms with E-state index >= 15 is 0 Å². The van der Waals surface area contributed by atoms with Gasteiger partial charge in [0.15, 0.2) is 18.1 Å².